The number of nitrogens with two attached hydrogens (primary N) is 1. The summed E-state index contributed by atoms with van der Waals surface area (Å²) < 4.78 is 0. The van der Waals surface area contributed by atoms with Crippen LogP contribution < -0.4 is 16.2 Å². The van der Waals surface area contributed by atoms with Crippen LogP contribution in [-0.4, -0.2) is 16.5 Å². The lowest BCUT2D eigenvalue weighted by Crippen LogP contribution is -2.23. The molecule has 0 spiro atoms. The number of non-ortho nitro benzene ring substituents is 1. The van der Waals surface area contributed by atoms with Crippen molar-refractivity contribution in [1.29, 1.82) is 0 Å². The standard InChI is InChI=1S/C14H17N5O2/c1-2-18(10-11-5-3-4-6-16-11)13-7-12(17-15)8-14(9-13)19(20)21/h3-9,17H,2,10,15H2,1H3. The third kappa shape index (κ3) is 3.67. The molecule has 110 valence electrons. The first kappa shape index (κ1) is 14.7. The Morgan fingerprint density at radius 2 is 2.19 bits per heavy atom. The molecule has 2 rings (SSSR count). The van der Waals surface area contributed by atoms with Gasteiger partial charge in [0.25, 0.3) is 5.69 Å². The first-order valence-electron chi connectivity index (χ1n) is 6.55. The van der Waals surface area contributed by atoms with Gasteiger partial charge in [0.2, 0.25) is 0 Å². The maximum atomic E-state index is 11.0. The van der Waals surface area contributed by atoms with Crippen molar-refractivity contribution >= 4 is 17.1 Å². The average molecular weight is 287 g/mol. The lowest BCUT2D eigenvalue weighted by molar-refractivity contribution is -0.384. The summed E-state index contributed by atoms with van der Waals surface area (Å²) in [7, 11) is 0. The van der Waals surface area contributed by atoms with Crippen molar-refractivity contribution in [3.63, 3.8) is 0 Å². The van der Waals surface area contributed by atoms with Gasteiger partial charge >= 0.3 is 0 Å². The predicted octanol–water partition coefficient (Wildman–Crippen LogP) is 2.30. The molecule has 0 aliphatic rings. The number of nitrogens with one attached hydrogen (secondary N) is 1. The number of hydrazine groups is 1. The van der Waals surface area contributed by atoms with Crippen LogP contribution in [0.5, 0.6) is 0 Å². The van der Waals surface area contributed by atoms with Gasteiger partial charge in [0, 0.05) is 30.6 Å². The zero-order valence-electron chi connectivity index (χ0n) is 11.7. The van der Waals surface area contributed by atoms with Gasteiger partial charge in [-0.25, -0.2) is 0 Å². The molecule has 1 aromatic carbocycles. The summed E-state index contributed by atoms with van der Waals surface area (Å²) in [6.45, 7) is 3.25. The molecule has 21 heavy (non-hydrogen) atoms. The zero-order valence-corrected chi connectivity index (χ0v) is 11.7. The van der Waals surface area contributed by atoms with Gasteiger partial charge in [-0.2, -0.15) is 0 Å². The Morgan fingerprint density at radius 3 is 2.76 bits per heavy atom. The topological polar surface area (TPSA) is 97.3 Å². The van der Waals surface area contributed by atoms with Crippen molar-refractivity contribution in [3.8, 4) is 0 Å². The molecule has 0 bridgehead atoms. The molecule has 0 saturated heterocycles. The van der Waals surface area contributed by atoms with Gasteiger partial charge in [0.15, 0.2) is 0 Å². The maximum absolute atomic E-state index is 11.0. The van der Waals surface area contributed by atoms with E-state index < -0.39 is 4.92 Å². The molecule has 0 unspecified atom stereocenters. The first-order valence-corrected chi connectivity index (χ1v) is 6.55. The Hall–Kier alpha value is -2.67. The molecule has 0 amide bonds. The number of hydrogen-bond donors (Lipinski definition) is 2. The number of nitrogen functional groups attached to an aromatic ring is 1. The second-order valence-electron chi connectivity index (χ2n) is 4.47. The summed E-state index contributed by atoms with van der Waals surface area (Å²) in [5.41, 5.74) is 4.58. The molecule has 0 fully saturated rings. The molecule has 1 aromatic heterocycles. The first-order chi connectivity index (χ1) is 10.1. The maximum Gasteiger partial charge on any atom is 0.273 e. The molecule has 0 aliphatic carbocycles. The number of nitro groups is 1. The number of pyridine rings is 1. The molecule has 2 aromatic rings. The molecule has 0 saturated carbocycles. The summed E-state index contributed by atoms with van der Waals surface area (Å²) in [5, 5.41) is 11.0. The van der Waals surface area contributed by atoms with E-state index in [2.05, 4.69) is 10.4 Å². The van der Waals surface area contributed by atoms with Crippen LogP contribution in [0.15, 0.2) is 42.6 Å². The lowest BCUT2D eigenvalue weighted by atomic mass is 10.2. The molecule has 3 N–H and O–H groups in total. The Kier molecular flexibility index (Phi) is 4.68. The fourth-order valence-corrected chi connectivity index (χ4v) is 2.04. The van der Waals surface area contributed by atoms with Crippen molar-refractivity contribution in [1.82, 2.24) is 4.98 Å². The number of benzene rings is 1. The van der Waals surface area contributed by atoms with Gasteiger partial charge < -0.3 is 10.3 Å². The van der Waals surface area contributed by atoms with Crippen molar-refractivity contribution < 1.29 is 4.92 Å². The normalized spacial score (nSPS) is 10.2. The van der Waals surface area contributed by atoms with Crippen LogP contribution in [-0.2, 0) is 6.54 Å². The van der Waals surface area contributed by atoms with Crippen LogP contribution in [0.3, 0.4) is 0 Å². The second-order valence-corrected chi connectivity index (χ2v) is 4.47. The van der Waals surface area contributed by atoms with Crippen molar-refractivity contribution in [2.24, 2.45) is 5.84 Å². The number of hydrogen-bond acceptors (Lipinski definition) is 6. The SMILES string of the molecule is CCN(Cc1ccccn1)c1cc(NN)cc([N+](=O)[O-])c1. The van der Waals surface area contributed by atoms with Gasteiger partial charge in [-0.15, -0.1) is 0 Å². The minimum Gasteiger partial charge on any atom is -0.366 e. The molecule has 1 heterocycles. The van der Waals surface area contributed by atoms with Crippen LogP contribution in [0.25, 0.3) is 0 Å². The Balaban J connectivity index is 2.32. The molecule has 7 nitrogen and oxygen atoms in total. The third-order valence-electron chi connectivity index (χ3n) is 3.11. The van der Waals surface area contributed by atoms with E-state index in [1.165, 1.54) is 12.1 Å². The second kappa shape index (κ2) is 6.67. The highest BCUT2D eigenvalue weighted by molar-refractivity contribution is 5.64. The van der Waals surface area contributed by atoms with Gasteiger partial charge in [-0.05, 0) is 25.1 Å². The van der Waals surface area contributed by atoms with E-state index in [1.54, 1.807) is 12.3 Å². The third-order valence-corrected chi connectivity index (χ3v) is 3.11. The van der Waals surface area contributed by atoms with E-state index in [9.17, 15) is 10.1 Å². The summed E-state index contributed by atoms with van der Waals surface area (Å²) >= 11 is 0. The van der Waals surface area contributed by atoms with E-state index in [4.69, 9.17) is 5.84 Å². The van der Waals surface area contributed by atoms with Crippen LogP contribution in [0, 0.1) is 10.1 Å². The Bertz CT molecular complexity index is 618. The largest absolute Gasteiger partial charge is 0.366 e. The molecule has 0 aliphatic heterocycles. The molecule has 7 heteroatoms. The van der Waals surface area contributed by atoms with Crippen LogP contribution >= 0.6 is 0 Å². The molecular weight excluding hydrogens is 270 g/mol. The van der Waals surface area contributed by atoms with Gasteiger partial charge in [0.05, 0.1) is 22.8 Å². The molecular formula is C14H17N5O2. The van der Waals surface area contributed by atoms with E-state index in [1.807, 2.05) is 30.0 Å². The minimum absolute atomic E-state index is 0.0000733. The van der Waals surface area contributed by atoms with Crippen LogP contribution in [0.2, 0.25) is 0 Å². The van der Waals surface area contributed by atoms with E-state index in [-0.39, 0.29) is 5.69 Å². The average Bonchev–Trinajstić information content (AvgIpc) is 2.53. The van der Waals surface area contributed by atoms with Gasteiger partial charge in [0.1, 0.15) is 0 Å². The summed E-state index contributed by atoms with van der Waals surface area (Å²) in [4.78, 5) is 16.8. The number of anilines is 2. The lowest BCUT2D eigenvalue weighted by Gasteiger charge is -2.23. The van der Waals surface area contributed by atoms with E-state index >= 15 is 0 Å². The van der Waals surface area contributed by atoms with Gasteiger partial charge in [-0.3, -0.25) is 20.9 Å². The van der Waals surface area contributed by atoms with Crippen molar-refractivity contribution in [2.45, 2.75) is 13.5 Å². The number of aromatic nitrogens is 1. The highest BCUT2D eigenvalue weighted by Crippen LogP contribution is 2.27. The van der Waals surface area contributed by atoms with Crippen LogP contribution in [0.4, 0.5) is 17.1 Å². The summed E-state index contributed by atoms with van der Waals surface area (Å²) in [6.07, 6.45) is 1.73. The fourth-order valence-electron chi connectivity index (χ4n) is 2.04. The molecule has 0 atom stereocenters. The van der Waals surface area contributed by atoms with Gasteiger partial charge in [-0.1, -0.05) is 6.07 Å². The highest BCUT2D eigenvalue weighted by atomic mass is 16.6. The minimum atomic E-state index is -0.432. The van der Waals surface area contributed by atoms with E-state index in [0.717, 1.165) is 11.4 Å². The number of rotatable bonds is 6. The highest BCUT2D eigenvalue weighted by Gasteiger charge is 2.14. The van der Waals surface area contributed by atoms with Crippen molar-refractivity contribution in [2.75, 3.05) is 16.9 Å². The smallest absolute Gasteiger partial charge is 0.273 e. The quantitative estimate of drug-likeness (QED) is 0.480. The molecule has 0 radical (unpaired) electrons. The van der Waals surface area contributed by atoms with Crippen LogP contribution in [0.1, 0.15) is 12.6 Å². The zero-order chi connectivity index (χ0) is 15.2. The van der Waals surface area contributed by atoms with E-state index in [0.29, 0.717) is 18.8 Å². The number of nitrogens with zero attached hydrogens (tertiary/aromatic N) is 3. The summed E-state index contributed by atoms with van der Waals surface area (Å²) in [6, 6.07) is 10.4. The Labute approximate surface area is 122 Å². The summed E-state index contributed by atoms with van der Waals surface area (Å²) in [5.74, 6) is 5.38. The Morgan fingerprint density at radius 1 is 1.38 bits per heavy atom. The van der Waals surface area contributed by atoms with Crippen molar-refractivity contribution in [3.05, 3.63) is 58.4 Å². The monoisotopic (exact) mass is 287 g/mol. The predicted molar refractivity (Wildman–Crippen MR) is 81.9 cm³/mol. The number of nitro benzene ring substituents is 1. The fraction of sp³-hybridized carbons (Fsp3) is 0.214.